The molecule has 5 nitrogen and oxygen atoms in total. The fourth-order valence-corrected chi connectivity index (χ4v) is 2.93. The first-order valence-corrected chi connectivity index (χ1v) is 7.65. The molecule has 21 heavy (non-hydrogen) atoms. The van der Waals surface area contributed by atoms with Crippen molar-refractivity contribution in [3.05, 3.63) is 30.1 Å². The molecule has 2 aromatic heterocycles. The quantitative estimate of drug-likeness (QED) is 0.841. The molecular formula is C16H27N5. The maximum absolute atomic E-state index is 5.81. The van der Waals surface area contributed by atoms with Gasteiger partial charge in [0.05, 0.1) is 5.69 Å². The van der Waals surface area contributed by atoms with Crippen LogP contribution < -0.4 is 10.6 Å². The molecule has 0 aliphatic rings. The fourth-order valence-electron chi connectivity index (χ4n) is 2.93. The highest BCUT2D eigenvalue weighted by Gasteiger charge is 2.21. The van der Waals surface area contributed by atoms with Gasteiger partial charge in [-0.15, -0.1) is 0 Å². The Kier molecular flexibility index (Phi) is 5.20. The molecule has 0 amide bonds. The van der Waals surface area contributed by atoms with E-state index in [1.165, 1.54) is 5.69 Å². The van der Waals surface area contributed by atoms with Gasteiger partial charge in [0.2, 0.25) is 0 Å². The summed E-state index contributed by atoms with van der Waals surface area (Å²) >= 11 is 0. The summed E-state index contributed by atoms with van der Waals surface area (Å²) in [6.45, 7) is 7.01. The first kappa shape index (κ1) is 15.8. The van der Waals surface area contributed by atoms with Crippen LogP contribution >= 0.6 is 0 Å². The summed E-state index contributed by atoms with van der Waals surface area (Å²) in [5.41, 5.74) is 8.01. The van der Waals surface area contributed by atoms with Crippen molar-refractivity contribution in [1.82, 2.24) is 14.3 Å². The van der Waals surface area contributed by atoms with Gasteiger partial charge in [0, 0.05) is 31.7 Å². The van der Waals surface area contributed by atoms with Gasteiger partial charge in [-0.25, -0.2) is 4.98 Å². The minimum Gasteiger partial charge on any atom is -0.351 e. The van der Waals surface area contributed by atoms with E-state index in [1.54, 1.807) is 0 Å². The number of imidazole rings is 1. The molecule has 0 aromatic carbocycles. The highest BCUT2D eigenvalue weighted by Crippen LogP contribution is 2.24. The highest BCUT2D eigenvalue weighted by molar-refractivity contribution is 5.56. The Morgan fingerprint density at radius 3 is 2.71 bits per heavy atom. The van der Waals surface area contributed by atoms with E-state index in [0.717, 1.165) is 31.0 Å². The number of anilines is 1. The topological polar surface area (TPSA) is 49.8 Å². The summed E-state index contributed by atoms with van der Waals surface area (Å²) in [5, 5.41) is 0. The summed E-state index contributed by atoms with van der Waals surface area (Å²) in [6.07, 6.45) is 2.91. The van der Waals surface area contributed by atoms with E-state index < -0.39 is 0 Å². The molecule has 0 saturated carbocycles. The first-order chi connectivity index (χ1) is 10.1. The number of rotatable bonds is 7. The van der Waals surface area contributed by atoms with Crippen molar-refractivity contribution in [2.45, 2.75) is 26.3 Å². The predicted molar refractivity (Wildman–Crippen MR) is 89.0 cm³/mol. The number of hydrogen-bond donors (Lipinski definition) is 1. The Labute approximate surface area is 127 Å². The molecule has 2 N–H and O–H groups in total. The lowest BCUT2D eigenvalue weighted by molar-refractivity contribution is 0.372. The van der Waals surface area contributed by atoms with Gasteiger partial charge < -0.3 is 19.9 Å². The molecule has 5 heteroatoms. The van der Waals surface area contributed by atoms with Gasteiger partial charge in [0.1, 0.15) is 5.65 Å². The number of pyridine rings is 1. The third-order valence-electron chi connectivity index (χ3n) is 3.76. The molecule has 0 radical (unpaired) electrons. The zero-order valence-electron chi connectivity index (χ0n) is 13.6. The van der Waals surface area contributed by atoms with E-state index in [9.17, 15) is 0 Å². The van der Waals surface area contributed by atoms with Crippen LogP contribution in [0.2, 0.25) is 0 Å². The molecule has 2 aromatic rings. The van der Waals surface area contributed by atoms with Crippen molar-refractivity contribution >= 4 is 11.5 Å². The van der Waals surface area contributed by atoms with Gasteiger partial charge in [0.25, 0.3) is 0 Å². The summed E-state index contributed by atoms with van der Waals surface area (Å²) in [5.74, 6) is 1.07. The third-order valence-corrected chi connectivity index (χ3v) is 3.76. The van der Waals surface area contributed by atoms with Gasteiger partial charge in [-0.05, 0) is 46.6 Å². The molecule has 2 rings (SSSR count). The van der Waals surface area contributed by atoms with E-state index in [0.29, 0.717) is 12.6 Å². The predicted octanol–water partition coefficient (Wildman–Crippen LogP) is 1.61. The van der Waals surface area contributed by atoms with Crippen molar-refractivity contribution < 1.29 is 0 Å². The standard InChI is InChI=1S/C16H27N5/c1-5-20(13(2)12-19(3)4)16-14(9-10-17)21-11-7-6-8-15(21)18-16/h6-8,11,13H,5,9-10,12,17H2,1-4H3. The molecule has 0 saturated heterocycles. The zero-order valence-corrected chi connectivity index (χ0v) is 13.6. The minimum absolute atomic E-state index is 0.409. The van der Waals surface area contributed by atoms with E-state index in [4.69, 9.17) is 10.7 Å². The molecule has 0 fully saturated rings. The van der Waals surface area contributed by atoms with Crippen LogP contribution in [-0.4, -0.2) is 54.1 Å². The van der Waals surface area contributed by atoms with E-state index >= 15 is 0 Å². The van der Waals surface area contributed by atoms with Gasteiger partial charge in [-0.2, -0.15) is 0 Å². The third kappa shape index (κ3) is 3.36. The monoisotopic (exact) mass is 289 g/mol. The Bertz CT molecular complexity index is 575. The summed E-state index contributed by atoms with van der Waals surface area (Å²) in [6, 6.07) is 6.52. The average Bonchev–Trinajstić information content (AvgIpc) is 2.78. The lowest BCUT2D eigenvalue weighted by atomic mass is 10.2. The van der Waals surface area contributed by atoms with Gasteiger partial charge in [-0.3, -0.25) is 0 Å². The molecule has 0 aliphatic carbocycles. The molecule has 2 heterocycles. The molecule has 0 aliphatic heterocycles. The van der Waals surface area contributed by atoms with E-state index in [-0.39, 0.29) is 0 Å². The van der Waals surface area contributed by atoms with Crippen molar-refractivity contribution in [3.8, 4) is 0 Å². The number of nitrogens with two attached hydrogens (primary N) is 1. The van der Waals surface area contributed by atoms with Crippen molar-refractivity contribution in [2.75, 3.05) is 38.6 Å². The molecule has 1 atom stereocenters. The maximum atomic E-state index is 5.81. The number of likely N-dealkylation sites (N-methyl/N-ethyl adjacent to an activating group) is 2. The maximum Gasteiger partial charge on any atom is 0.151 e. The number of aromatic nitrogens is 2. The Balaban J connectivity index is 2.44. The van der Waals surface area contributed by atoms with Crippen LogP contribution in [0.3, 0.4) is 0 Å². The normalized spacial score (nSPS) is 13.0. The van der Waals surface area contributed by atoms with Crippen LogP contribution in [0.1, 0.15) is 19.5 Å². The Morgan fingerprint density at radius 2 is 2.10 bits per heavy atom. The second kappa shape index (κ2) is 6.91. The largest absolute Gasteiger partial charge is 0.351 e. The van der Waals surface area contributed by atoms with Crippen molar-refractivity contribution in [2.24, 2.45) is 5.73 Å². The average molecular weight is 289 g/mol. The highest BCUT2D eigenvalue weighted by atomic mass is 15.3. The molecular weight excluding hydrogens is 262 g/mol. The smallest absolute Gasteiger partial charge is 0.151 e. The fraction of sp³-hybridized carbons (Fsp3) is 0.562. The van der Waals surface area contributed by atoms with E-state index in [2.05, 4.69) is 48.3 Å². The zero-order chi connectivity index (χ0) is 15.4. The molecule has 1 unspecified atom stereocenters. The van der Waals surface area contributed by atoms with Crippen molar-refractivity contribution in [1.29, 1.82) is 0 Å². The van der Waals surface area contributed by atoms with Gasteiger partial charge in [-0.1, -0.05) is 6.07 Å². The number of fused-ring (bicyclic) bond motifs is 1. The lowest BCUT2D eigenvalue weighted by Crippen LogP contribution is -2.40. The second-order valence-electron chi connectivity index (χ2n) is 5.75. The van der Waals surface area contributed by atoms with Crippen LogP contribution in [0, 0.1) is 0 Å². The second-order valence-corrected chi connectivity index (χ2v) is 5.75. The number of hydrogen-bond acceptors (Lipinski definition) is 4. The van der Waals surface area contributed by atoms with Crippen LogP contribution in [-0.2, 0) is 6.42 Å². The Morgan fingerprint density at radius 1 is 1.33 bits per heavy atom. The van der Waals surface area contributed by atoms with Crippen molar-refractivity contribution in [3.63, 3.8) is 0 Å². The van der Waals surface area contributed by atoms with E-state index in [1.807, 2.05) is 18.2 Å². The lowest BCUT2D eigenvalue weighted by Gasteiger charge is -2.31. The summed E-state index contributed by atoms with van der Waals surface area (Å²) < 4.78 is 2.16. The summed E-state index contributed by atoms with van der Waals surface area (Å²) in [7, 11) is 4.21. The summed E-state index contributed by atoms with van der Waals surface area (Å²) in [4.78, 5) is 9.43. The van der Waals surface area contributed by atoms with Crippen LogP contribution in [0.4, 0.5) is 5.82 Å². The molecule has 0 spiro atoms. The first-order valence-electron chi connectivity index (χ1n) is 7.65. The number of nitrogens with zero attached hydrogens (tertiary/aromatic N) is 4. The van der Waals surface area contributed by atoms with Crippen LogP contribution in [0.5, 0.6) is 0 Å². The Hall–Kier alpha value is -1.59. The van der Waals surface area contributed by atoms with Gasteiger partial charge >= 0.3 is 0 Å². The SMILES string of the molecule is CCN(c1nc2ccccn2c1CCN)C(C)CN(C)C. The molecule has 116 valence electrons. The van der Waals surface area contributed by atoms with Crippen LogP contribution in [0.15, 0.2) is 24.4 Å². The van der Waals surface area contributed by atoms with Gasteiger partial charge in [0.15, 0.2) is 5.82 Å². The minimum atomic E-state index is 0.409. The molecule has 0 bridgehead atoms. The van der Waals surface area contributed by atoms with Crippen LogP contribution in [0.25, 0.3) is 5.65 Å².